The van der Waals surface area contributed by atoms with Crippen molar-refractivity contribution in [2.24, 2.45) is 5.92 Å². The highest BCUT2D eigenvalue weighted by Gasteiger charge is 2.37. The second-order valence-corrected chi connectivity index (χ2v) is 5.03. The minimum Gasteiger partial charge on any atom is -0.381 e. The summed E-state index contributed by atoms with van der Waals surface area (Å²) in [4.78, 5) is 12.0. The molecular weight excluding hydrogens is 313 g/mol. The molecule has 0 amide bonds. The van der Waals surface area contributed by atoms with Crippen LogP contribution < -0.4 is 0 Å². The van der Waals surface area contributed by atoms with Crippen molar-refractivity contribution in [1.29, 1.82) is 0 Å². The largest absolute Gasteiger partial charge is 0.417 e. The van der Waals surface area contributed by atoms with E-state index in [1.165, 1.54) is 12.1 Å². The van der Waals surface area contributed by atoms with Gasteiger partial charge in [-0.25, -0.2) is 0 Å². The van der Waals surface area contributed by atoms with Crippen LogP contribution in [0.2, 0.25) is 0 Å². The van der Waals surface area contributed by atoms with Crippen LogP contribution in [0.25, 0.3) is 0 Å². The van der Waals surface area contributed by atoms with Crippen molar-refractivity contribution in [1.82, 2.24) is 0 Å². The highest BCUT2D eigenvalue weighted by Crippen LogP contribution is 2.35. The average Bonchev–Trinajstić information content (AvgIpc) is 2.80. The van der Waals surface area contributed by atoms with E-state index in [1.807, 2.05) is 0 Å². The average molecular weight is 323 g/mol. The van der Waals surface area contributed by atoms with Crippen molar-refractivity contribution in [3.05, 3.63) is 33.8 Å². The van der Waals surface area contributed by atoms with Gasteiger partial charge in [0.1, 0.15) is 0 Å². The number of rotatable bonds is 2. The number of Topliss-reactive ketones (excluding diaryl/α,β-unsaturated/α-hetero) is 1. The van der Waals surface area contributed by atoms with Gasteiger partial charge < -0.3 is 4.74 Å². The summed E-state index contributed by atoms with van der Waals surface area (Å²) in [6.45, 7) is 0.625. The standard InChI is InChI=1S/C12H10BrF3O2/c13-8-1-2-9(10(5-8)12(14,15)16)11(17)7-3-4-18-6-7/h1-2,5,7H,3-4,6H2. The Morgan fingerprint density at radius 1 is 1.39 bits per heavy atom. The molecule has 1 fully saturated rings. The molecule has 2 rings (SSSR count). The van der Waals surface area contributed by atoms with Gasteiger partial charge in [-0.05, 0) is 24.6 Å². The lowest BCUT2D eigenvalue weighted by Gasteiger charge is -2.14. The van der Waals surface area contributed by atoms with E-state index in [-0.39, 0.29) is 12.2 Å². The van der Waals surface area contributed by atoms with Crippen molar-refractivity contribution in [3.8, 4) is 0 Å². The second-order valence-electron chi connectivity index (χ2n) is 4.11. The first-order valence-corrected chi connectivity index (χ1v) is 6.17. The molecule has 1 aliphatic heterocycles. The molecule has 0 spiro atoms. The molecule has 6 heteroatoms. The first kappa shape index (κ1) is 13.5. The van der Waals surface area contributed by atoms with Crippen LogP contribution in [0.4, 0.5) is 13.2 Å². The van der Waals surface area contributed by atoms with Crippen LogP contribution in [0.3, 0.4) is 0 Å². The Morgan fingerprint density at radius 3 is 2.67 bits per heavy atom. The topological polar surface area (TPSA) is 26.3 Å². The zero-order valence-electron chi connectivity index (χ0n) is 9.26. The third kappa shape index (κ3) is 2.75. The maximum absolute atomic E-state index is 12.9. The normalized spacial score (nSPS) is 20.1. The number of carbonyl (C=O) groups excluding carboxylic acids is 1. The lowest BCUT2D eigenvalue weighted by Crippen LogP contribution is -2.20. The summed E-state index contributed by atoms with van der Waals surface area (Å²) in [6.07, 6.45) is -4.06. The first-order valence-electron chi connectivity index (χ1n) is 5.38. The highest BCUT2D eigenvalue weighted by atomic mass is 79.9. The third-order valence-electron chi connectivity index (χ3n) is 2.85. The fourth-order valence-electron chi connectivity index (χ4n) is 1.93. The Bertz CT molecular complexity index is 465. The Balaban J connectivity index is 2.40. The van der Waals surface area contributed by atoms with Crippen LogP contribution in [-0.4, -0.2) is 19.0 Å². The van der Waals surface area contributed by atoms with E-state index < -0.39 is 23.4 Å². The van der Waals surface area contributed by atoms with Gasteiger partial charge >= 0.3 is 6.18 Å². The van der Waals surface area contributed by atoms with E-state index >= 15 is 0 Å². The highest BCUT2D eigenvalue weighted by molar-refractivity contribution is 9.10. The Hall–Kier alpha value is -0.880. The predicted molar refractivity (Wildman–Crippen MR) is 62.4 cm³/mol. The molecule has 1 unspecified atom stereocenters. The molecule has 0 aromatic heterocycles. The van der Waals surface area contributed by atoms with E-state index in [1.54, 1.807) is 0 Å². The van der Waals surface area contributed by atoms with Gasteiger partial charge in [-0.15, -0.1) is 0 Å². The zero-order valence-corrected chi connectivity index (χ0v) is 10.8. The smallest absolute Gasteiger partial charge is 0.381 e. The molecule has 1 atom stereocenters. The summed E-state index contributed by atoms with van der Waals surface area (Å²) in [5, 5.41) is 0. The lowest BCUT2D eigenvalue weighted by atomic mass is 9.93. The zero-order chi connectivity index (χ0) is 13.3. The molecule has 1 aromatic carbocycles. The lowest BCUT2D eigenvalue weighted by molar-refractivity contribution is -0.138. The molecule has 0 bridgehead atoms. The van der Waals surface area contributed by atoms with Gasteiger partial charge in [0.05, 0.1) is 12.2 Å². The van der Waals surface area contributed by atoms with Gasteiger partial charge in [0.15, 0.2) is 5.78 Å². The molecule has 1 aliphatic rings. The van der Waals surface area contributed by atoms with E-state index in [9.17, 15) is 18.0 Å². The predicted octanol–water partition coefficient (Wildman–Crippen LogP) is 3.69. The summed E-state index contributed by atoms with van der Waals surface area (Å²) in [7, 11) is 0. The summed E-state index contributed by atoms with van der Waals surface area (Å²) in [5.74, 6) is -0.959. The molecule has 2 nitrogen and oxygen atoms in total. The second kappa shape index (κ2) is 5.01. The van der Waals surface area contributed by atoms with Gasteiger partial charge in [0, 0.05) is 22.6 Å². The van der Waals surface area contributed by atoms with Gasteiger partial charge in [-0.1, -0.05) is 15.9 Å². The molecule has 1 saturated heterocycles. The molecule has 0 N–H and O–H groups in total. The van der Waals surface area contributed by atoms with E-state index in [0.717, 1.165) is 6.07 Å². The summed E-state index contributed by atoms with van der Waals surface area (Å²) < 4.78 is 44.0. The van der Waals surface area contributed by atoms with Crippen LogP contribution in [0.5, 0.6) is 0 Å². The quantitative estimate of drug-likeness (QED) is 0.776. The molecule has 1 aromatic rings. The number of alkyl halides is 3. The Kier molecular flexibility index (Phi) is 3.77. The maximum Gasteiger partial charge on any atom is 0.417 e. The minimum atomic E-state index is -4.53. The van der Waals surface area contributed by atoms with Crippen molar-refractivity contribution < 1.29 is 22.7 Å². The Morgan fingerprint density at radius 2 is 2.11 bits per heavy atom. The summed E-state index contributed by atoms with van der Waals surface area (Å²) >= 11 is 2.99. The van der Waals surface area contributed by atoms with Crippen molar-refractivity contribution in [2.45, 2.75) is 12.6 Å². The summed E-state index contributed by atoms with van der Waals surface area (Å²) in [6, 6.07) is 3.59. The number of carbonyl (C=O) groups is 1. The van der Waals surface area contributed by atoms with Gasteiger partial charge in [0.2, 0.25) is 0 Å². The van der Waals surface area contributed by atoms with E-state index in [4.69, 9.17) is 4.74 Å². The molecule has 0 radical (unpaired) electrons. The van der Waals surface area contributed by atoms with Crippen molar-refractivity contribution in [3.63, 3.8) is 0 Å². The maximum atomic E-state index is 12.9. The number of hydrogen-bond acceptors (Lipinski definition) is 2. The van der Waals surface area contributed by atoms with E-state index in [2.05, 4.69) is 15.9 Å². The van der Waals surface area contributed by atoms with E-state index in [0.29, 0.717) is 17.5 Å². The number of ketones is 1. The van der Waals surface area contributed by atoms with Crippen LogP contribution >= 0.6 is 15.9 Å². The van der Waals surface area contributed by atoms with Gasteiger partial charge in [-0.2, -0.15) is 13.2 Å². The third-order valence-corrected chi connectivity index (χ3v) is 3.35. The van der Waals surface area contributed by atoms with Crippen LogP contribution in [0.1, 0.15) is 22.3 Å². The van der Waals surface area contributed by atoms with Crippen LogP contribution in [-0.2, 0) is 10.9 Å². The number of hydrogen-bond donors (Lipinski definition) is 0. The first-order chi connectivity index (χ1) is 8.39. The molecular formula is C12H10BrF3O2. The molecule has 18 heavy (non-hydrogen) atoms. The van der Waals surface area contributed by atoms with Crippen molar-refractivity contribution in [2.75, 3.05) is 13.2 Å². The fourth-order valence-corrected chi connectivity index (χ4v) is 2.29. The number of ether oxygens (including phenoxy) is 1. The Labute approximate surface area is 110 Å². The number of benzene rings is 1. The van der Waals surface area contributed by atoms with Crippen LogP contribution in [0.15, 0.2) is 22.7 Å². The molecule has 1 heterocycles. The number of halogens is 4. The molecule has 0 aliphatic carbocycles. The van der Waals surface area contributed by atoms with Gasteiger partial charge in [0.25, 0.3) is 0 Å². The molecule has 98 valence electrons. The van der Waals surface area contributed by atoms with Gasteiger partial charge in [-0.3, -0.25) is 4.79 Å². The fraction of sp³-hybridized carbons (Fsp3) is 0.417. The monoisotopic (exact) mass is 322 g/mol. The van der Waals surface area contributed by atoms with Crippen LogP contribution in [0, 0.1) is 5.92 Å². The van der Waals surface area contributed by atoms with Crippen molar-refractivity contribution >= 4 is 21.7 Å². The SMILES string of the molecule is O=C(c1ccc(Br)cc1C(F)(F)F)C1CCOC1. The summed E-state index contributed by atoms with van der Waals surface area (Å²) in [5.41, 5.74) is -1.17. The molecule has 0 saturated carbocycles. The minimum absolute atomic E-state index is 0.201.